The molecule has 0 saturated carbocycles. The Morgan fingerprint density at radius 2 is 1.70 bits per heavy atom. The molecule has 2 aromatic heterocycles. The molecule has 4 rings (SSSR count). The molecule has 2 heterocycles. The fraction of sp³-hybridized carbons (Fsp3) is 0. The van der Waals surface area contributed by atoms with Crippen LogP contribution in [0.15, 0.2) is 79.1 Å². The van der Waals surface area contributed by atoms with Crippen LogP contribution in [0, 0.1) is 0 Å². The average molecular weight is 392 g/mol. The number of rotatable bonds is 4. The van der Waals surface area contributed by atoms with Crippen molar-refractivity contribution >= 4 is 34.0 Å². The lowest BCUT2D eigenvalue weighted by molar-refractivity contribution is 0.102. The summed E-state index contributed by atoms with van der Waals surface area (Å²) in [4.78, 5) is 22.1. The first-order valence-electron chi connectivity index (χ1n) is 8.24. The second-order valence-electron chi connectivity index (χ2n) is 5.77. The summed E-state index contributed by atoms with van der Waals surface area (Å²) in [5.74, 6) is -0.237. The third-order valence-electron chi connectivity index (χ3n) is 3.92. The Kier molecular flexibility index (Phi) is 4.96. The number of benzene rings is 2. The molecule has 0 aliphatic heterocycles. The third-order valence-corrected chi connectivity index (χ3v) is 5.20. The quantitative estimate of drug-likeness (QED) is 0.480. The monoisotopic (exact) mass is 391 g/mol. The summed E-state index contributed by atoms with van der Waals surface area (Å²) >= 11 is 7.45. The van der Waals surface area contributed by atoms with Crippen LogP contribution in [0.2, 0.25) is 5.02 Å². The lowest BCUT2D eigenvalue weighted by Gasteiger charge is -2.02. The van der Waals surface area contributed by atoms with E-state index in [0.717, 1.165) is 21.7 Å². The number of carbonyl (C=O) groups excluding carboxylic acids is 1. The highest BCUT2D eigenvalue weighted by atomic mass is 35.5. The minimum atomic E-state index is -0.237. The lowest BCUT2D eigenvalue weighted by atomic mass is 10.1. The first kappa shape index (κ1) is 17.4. The fourth-order valence-corrected chi connectivity index (χ4v) is 3.74. The van der Waals surface area contributed by atoms with E-state index < -0.39 is 0 Å². The van der Waals surface area contributed by atoms with Gasteiger partial charge in [0.05, 0.1) is 16.1 Å². The number of hydrogen-bond donors (Lipinski definition) is 1. The van der Waals surface area contributed by atoms with Crippen LogP contribution in [0.5, 0.6) is 0 Å². The van der Waals surface area contributed by atoms with Gasteiger partial charge in [0.2, 0.25) is 0 Å². The Morgan fingerprint density at radius 3 is 2.41 bits per heavy atom. The first-order valence-corrected chi connectivity index (χ1v) is 9.44. The van der Waals surface area contributed by atoms with Gasteiger partial charge in [0.1, 0.15) is 0 Å². The van der Waals surface area contributed by atoms with Crippen LogP contribution in [0.3, 0.4) is 0 Å². The normalized spacial score (nSPS) is 10.6. The van der Waals surface area contributed by atoms with E-state index in [-0.39, 0.29) is 5.91 Å². The van der Waals surface area contributed by atoms with Gasteiger partial charge >= 0.3 is 0 Å². The summed E-state index contributed by atoms with van der Waals surface area (Å²) in [5.41, 5.74) is 3.30. The largest absolute Gasteiger partial charge is 0.298 e. The van der Waals surface area contributed by atoms with Gasteiger partial charge in [0.15, 0.2) is 5.13 Å². The SMILES string of the molecule is O=C(Nc1nc(-c2ccccc2)c(-c2ccc(Cl)cc2)s1)c1cccnc1. The molecule has 4 nitrogen and oxygen atoms in total. The average Bonchev–Trinajstić information content (AvgIpc) is 3.13. The van der Waals surface area contributed by atoms with E-state index in [1.807, 2.05) is 54.6 Å². The number of nitrogens with one attached hydrogen (secondary N) is 1. The lowest BCUT2D eigenvalue weighted by Crippen LogP contribution is -2.11. The van der Waals surface area contributed by atoms with E-state index in [1.54, 1.807) is 18.3 Å². The van der Waals surface area contributed by atoms with E-state index >= 15 is 0 Å². The van der Waals surface area contributed by atoms with Crippen LogP contribution >= 0.6 is 22.9 Å². The molecule has 0 atom stereocenters. The van der Waals surface area contributed by atoms with Gasteiger partial charge in [-0.1, -0.05) is 65.4 Å². The molecule has 0 unspecified atom stereocenters. The summed E-state index contributed by atoms with van der Waals surface area (Å²) < 4.78 is 0. The topological polar surface area (TPSA) is 54.9 Å². The first-order chi connectivity index (χ1) is 13.2. The van der Waals surface area contributed by atoms with Gasteiger partial charge in [0, 0.05) is 23.0 Å². The van der Waals surface area contributed by atoms with Gasteiger partial charge in [0.25, 0.3) is 5.91 Å². The Labute approximate surface area is 165 Å². The fourth-order valence-electron chi connectivity index (χ4n) is 2.63. The maximum atomic E-state index is 12.5. The summed E-state index contributed by atoms with van der Waals surface area (Å²) in [6.07, 6.45) is 3.16. The molecule has 0 radical (unpaired) electrons. The molecule has 0 fully saturated rings. The van der Waals surface area contributed by atoms with Crippen LogP contribution in [-0.2, 0) is 0 Å². The van der Waals surface area contributed by atoms with Crippen LogP contribution in [-0.4, -0.2) is 15.9 Å². The molecule has 0 bridgehead atoms. The predicted octanol–water partition coefficient (Wildman–Crippen LogP) is 5.78. The maximum Gasteiger partial charge on any atom is 0.259 e. The smallest absolute Gasteiger partial charge is 0.259 e. The Hall–Kier alpha value is -3.02. The van der Waals surface area contributed by atoms with Crippen molar-refractivity contribution in [1.82, 2.24) is 9.97 Å². The van der Waals surface area contributed by atoms with Crippen LogP contribution in [0.25, 0.3) is 21.7 Å². The molecule has 27 heavy (non-hydrogen) atoms. The number of amides is 1. The van der Waals surface area contributed by atoms with Crippen LogP contribution in [0.4, 0.5) is 5.13 Å². The number of anilines is 1. The van der Waals surface area contributed by atoms with Crippen molar-refractivity contribution in [3.63, 3.8) is 0 Å². The highest BCUT2D eigenvalue weighted by Gasteiger charge is 2.17. The molecule has 1 N–H and O–H groups in total. The number of pyridine rings is 1. The van der Waals surface area contributed by atoms with Crippen molar-refractivity contribution in [2.45, 2.75) is 0 Å². The highest BCUT2D eigenvalue weighted by Crippen LogP contribution is 2.39. The number of hydrogen-bond acceptors (Lipinski definition) is 4. The summed E-state index contributed by atoms with van der Waals surface area (Å²) in [6.45, 7) is 0. The third kappa shape index (κ3) is 3.89. The molecule has 0 aliphatic rings. The van der Waals surface area contributed by atoms with E-state index in [9.17, 15) is 4.79 Å². The van der Waals surface area contributed by atoms with Gasteiger partial charge in [-0.05, 0) is 29.8 Å². The summed E-state index contributed by atoms with van der Waals surface area (Å²) in [7, 11) is 0. The number of aromatic nitrogens is 2. The summed E-state index contributed by atoms with van der Waals surface area (Å²) in [6, 6.07) is 20.9. The van der Waals surface area contributed by atoms with Crippen molar-refractivity contribution in [3.05, 3.63) is 89.7 Å². The Morgan fingerprint density at radius 1 is 0.926 bits per heavy atom. The zero-order valence-electron chi connectivity index (χ0n) is 14.1. The number of nitrogens with zero attached hydrogens (tertiary/aromatic N) is 2. The molecule has 4 aromatic rings. The molecule has 132 valence electrons. The van der Waals surface area contributed by atoms with E-state index in [2.05, 4.69) is 15.3 Å². The Bertz CT molecular complexity index is 1060. The molecular formula is C21H14ClN3OS. The van der Waals surface area contributed by atoms with E-state index in [4.69, 9.17) is 11.6 Å². The van der Waals surface area contributed by atoms with Crippen LogP contribution < -0.4 is 5.32 Å². The Balaban J connectivity index is 1.74. The number of thiazole rings is 1. The van der Waals surface area contributed by atoms with Crippen molar-refractivity contribution in [2.75, 3.05) is 5.32 Å². The van der Waals surface area contributed by atoms with E-state index in [1.165, 1.54) is 17.5 Å². The minimum Gasteiger partial charge on any atom is -0.298 e. The zero-order chi connectivity index (χ0) is 18.6. The molecule has 0 spiro atoms. The standard InChI is InChI=1S/C21H14ClN3OS/c22-17-10-8-15(9-11-17)19-18(14-5-2-1-3-6-14)24-21(27-19)25-20(26)16-7-4-12-23-13-16/h1-13H,(H,24,25,26). The van der Waals surface area contributed by atoms with Crippen molar-refractivity contribution < 1.29 is 4.79 Å². The number of carbonyl (C=O) groups is 1. The maximum absolute atomic E-state index is 12.5. The molecule has 0 saturated heterocycles. The second kappa shape index (κ2) is 7.70. The summed E-state index contributed by atoms with van der Waals surface area (Å²) in [5, 5.41) is 4.08. The predicted molar refractivity (Wildman–Crippen MR) is 110 cm³/mol. The van der Waals surface area contributed by atoms with Gasteiger partial charge in [-0.25, -0.2) is 4.98 Å². The minimum absolute atomic E-state index is 0.237. The van der Waals surface area contributed by atoms with Crippen molar-refractivity contribution in [3.8, 4) is 21.7 Å². The van der Waals surface area contributed by atoms with Gasteiger partial charge in [-0.3, -0.25) is 15.1 Å². The zero-order valence-corrected chi connectivity index (χ0v) is 15.7. The molecule has 0 aliphatic carbocycles. The van der Waals surface area contributed by atoms with Gasteiger partial charge in [-0.15, -0.1) is 0 Å². The van der Waals surface area contributed by atoms with Gasteiger partial charge in [-0.2, -0.15) is 0 Å². The highest BCUT2D eigenvalue weighted by molar-refractivity contribution is 7.19. The number of halogens is 1. The van der Waals surface area contributed by atoms with Crippen LogP contribution in [0.1, 0.15) is 10.4 Å². The van der Waals surface area contributed by atoms with E-state index in [0.29, 0.717) is 15.7 Å². The molecule has 2 aromatic carbocycles. The van der Waals surface area contributed by atoms with Gasteiger partial charge < -0.3 is 0 Å². The molecule has 1 amide bonds. The van der Waals surface area contributed by atoms with Crippen molar-refractivity contribution in [1.29, 1.82) is 0 Å². The van der Waals surface area contributed by atoms with Crippen molar-refractivity contribution in [2.24, 2.45) is 0 Å². The molecular weight excluding hydrogens is 378 g/mol. The molecule has 6 heteroatoms. The second-order valence-corrected chi connectivity index (χ2v) is 7.20.